The van der Waals surface area contributed by atoms with Crippen LogP contribution in [-0.2, 0) is 47.7 Å². The third-order valence-corrected chi connectivity index (χ3v) is 7.48. The van der Waals surface area contributed by atoms with Crippen LogP contribution in [0.25, 0.3) is 0 Å². The van der Waals surface area contributed by atoms with Gasteiger partial charge in [0.15, 0.2) is 0 Å². The number of unbranched alkanes of at least 4 members (excludes halogenated alkanes) is 15. The zero-order valence-electron chi connectivity index (χ0n) is 34.9. The summed E-state index contributed by atoms with van der Waals surface area (Å²) in [5.41, 5.74) is 2.16. The minimum atomic E-state index is -0.342. The van der Waals surface area contributed by atoms with Crippen LogP contribution in [0.1, 0.15) is 157 Å². The van der Waals surface area contributed by atoms with E-state index in [2.05, 4.69) is 39.8 Å². The molecular weight excluding hydrogens is 688 g/mol. The summed E-state index contributed by atoms with van der Waals surface area (Å²) >= 11 is 0. The predicted octanol–water partition coefficient (Wildman–Crippen LogP) is 10.6. The van der Waals surface area contributed by atoms with Gasteiger partial charge in [0.2, 0.25) is 0 Å². The van der Waals surface area contributed by atoms with Crippen molar-refractivity contribution in [1.82, 2.24) is 0 Å². The van der Waals surface area contributed by atoms with Crippen LogP contribution < -0.4 is 0 Å². The molecule has 0 rings (SSSR count). The standard InChI is InChI=1S/C16H30O2.2C14H22O4/c1-4-5-6-7-8-9-10-11-12-13-14-18-16(17)15(2)3;2*1-11(2)13(15)17-9-7-5-6-8-10-18-14(16)12(3)4/h2,4-14H2,1,3H3;2*1,3,5-10H2,2,4H3. The Balaban J connectivity index is -0.000000722. The second-order valence-electron chi connectivity index (χ2n) is 13.6. The first kappa shape index (κ1) is 54.4. The van der Waals surface area contributed by atoms with Gasteiger partial charge in [-0.15, -0.1) is 0 Å². The summed E-state index contributed by atoms with van der Waals surface area (Å²) in [6, 6.07) is 0. The average molecular weight is 763 g/mol. The van der Waals surface area contributed by atoms with Crippen molar-refractivity contribution in [2.45, 2.75) is 157 Å². The Morgan fingerprint density at radius 2 is 0.444 bits per heavy atom. The molecule has 0 unspecified atom stereocenters. The second kappa shape index (κ2) is 38.8. The zero-order valence-corrected chi connectivity index (χ0v) is 34.9. The van der Waals surface area contributed by atoms with Gasteiger partial charge in [0.1, 0.15) is 0 Å². The first-order chi connectivity index (χ1) is 25.6. The second-order valence-corrected chi connectivity index (χ2v) is 13.6. The molecule has 0 aromatic heterocycles. The van der Waals surface area contributed by atoms with E-state index in [1.807, 2.05) is 0 Å². The molecule has 0 amide bonds. The highest BCUT2D eigenvalue weighted by atomic mass is 16.5. The lowest BCUT2D eigenvalue weighted by Crippen LogP contribution is -2.07. The monoisotopic (exact) mass is 763 g/mol. The van der Waals surface area contributed by atoms with Crippen LogP contribution in [0.2, 0.25) is 0 Å². The van der Waals surface area contributed by atoms with Gasteiger partial charge in [0.25, 0.3) is 0 Å². The molecule has 0 fully saturated rings. The van der Waals surface area contributed by atoms with Crippen LogP contribution in [0, 0.1) is 0 Å². The number of rotatable bonds is 30. The van der Waals surface area contributed by atoms with E-state index in [9.17, 15) is 24.0 Å². The van der Waals surface area contributed by atoms with Gasteiger partial charge in [0, 0.05) is 27.9 Å². The van der Waals surface area contributed by atoms with Gasteiger partial charge >= 0.3 is 29.8 Å². The van der Waals surface area contributed by atoms with E-state index in [0.717, 1.165) is 57.8 Å². The van der Waals surface area contributed by atoms with Crippen molar-refractivity contribution in [3.8, 4) is 0 Å². The van der Waals surface area contributed by atoms with Crippen LogP contribution in [0.5, 0.6) is 0 Å². The topological polar surface area (TPSA) is 132 Å². The van der Waals surface area contributed by atoms with E-state index >= 15 is 0 Å². The number of carbonyl (C=O) groups excluding carboxylic acids is 5. The number of hydrogen-bond donors (Lipinski definition) is 0. The van der Waals surface area contributed by atoms with Crippen molar-refractivity contribution in [3.05, 3.63) is 60.8 Å². The van der Waals surface area contributed by atoms with Gasteiger partial charge in [-0.2, -0.15) is 0 Å². The number of esters is 5. The van der Waals surface area contributed by atoms with E-state index in [1.165, 1.54) is 57.8 Å². The van der Waals surface area contributed by atoms with Crippen LogP contribution in [0.3, 0.4) is 0 Å². The summed E-state index contributed by atoms with van der Waals surface area (Å²) in [6.07, 6.45) is 20.0. The molecule has 0 spiro atoms. The fourth-order valence-electron chi connectivity index (χ4n) is 4.15. The third kappa shape index (κ3) is 40.8. The summed E-state index contributed by atoms with van der Waals surface area (Å²) < 4.78 is 24.8. The largest absolute Gasteiger partial charge is 0.462 e. The quantitative estimate of drug-likeness (QED) is 0.0301. The van der Waals surface area contributed by atoms with Gasteiger partial charge in [-0.05, 0) is 92.4 Å². The zero-order chi connectivity index (χ0) is 41.6. The molecule has 310 valence electrons. The fraction of sp³-hybridized carbons (Fsp3) is 0.659. The van der Waals surface area contributed by atoms with Gasteiger partial charge < -0.3 is 23.7 Å². The molecule has 0 heterocycles. The maximum Gasteiger partial charge on any atom is 0.333 e. The highest BCUT2D eigenvalue weighted by molar-refractivity contribution is 5.88. The van der Waals surface area contributed by atoms with Crippen molar-refractivity contribution >= 4 is 29.8 Å². The molecule has 0 bridgehead atoms. The Hall–Kier alpha value is -3.95. The minimum Gasteiger partial charge on any atom is -0.462 e. The Morgan fingerprint density at radius 3 is 0.593 bits per heavy atom. The SMILES string of the molecule is C=C(C)C(=O)OCCCCCCCCCCCC.C=C(C)C(=O)OCCCCCCOC(=O)C(=C)C.C=C(C)C(=O)OCCCCCCOC(=O)C(=C)C. The molecule has 0 radical (unpaired) electrons. The Kier molecular flexibility index (Phi) is 39.0. The van der Waals surface area contributed by atoms with Crippen molar-refractivity contribution in [1.29, 1.82) is 0 Å². The highest BCUT2D eigenvalue weighted by Crippen LogP contribution is 2.11. The molecule has 0 saturated carbocycles. The molecule has 0 aliphatic carbocycles. The molecule has 0 aromatic rings. The van der Waals surface area contributed by atoms with Crippen molar-refractivity contribution in [2.24, 2.45) is 0 Å². The fourth-order valence-corrected chi connectivity index (χ4v) is 4.15. The maximum atomic E-state index is 11.1. The smallest absolute Gasteiger partial charge is 0.333 e. The molecule has 0 aliphatic heterocycles. The highest BCUT2D eigenvalue weighted by Gasteiger charge is 2.05. The van der Waals surface area contributed by atoms with Crippen LogP contribution >= 0.6 is 0 Å². The summed E-state index contributed by atoms with van der Waals surface area (Å²) in [7, 11) is 0. The number of hydrogen-bond acceptors (Lipinski definition) is 10. The predicted molar refractivity (Wildman–Crippen MR) is 218 cm³/mol. The van der Waals surface area contributed by atoms with Gasteiger partial charge in [-0.1, -0.05) is 97.6 Å². The average Bonchev–Trinajstić information content (AvgIpc) is 3.12. The molecule has 0 saturated heterocycles. The molecule has 0 N–H and O–H groups in total. The Morgan fingerprint density at radius 1 is 0.296 bits per heavy atom. The summed E-state index contributed by atoms with van der Waals surface area (Å²) in [6.45, 7) is 30.2. The number of ether oxygens (including phenoxy) is 5. The molecular formula is C44H74O10. The third-order valence-electron chi connectivity index (χ3n) is 7.48. The number of carbonyl (C=O) groups is 5. The lowest BCUT2D eigenvalue weighted by Gasteiger charge is -2.05. The molecule has 0 aromatic carbocycles. The normalized spacial score (nSPS) is 9.89. The van der Waals surface area contributed by atoms with Gasteiger partial charge in [-0.25, -0.2) is 24.0 Å². The first-order valence-electron chi connectivity index (χ1n) is 19.7. The molecule has 54 heavy (non-hydrogen) atoms. The van der Waals surface area contributed by atoms with Crippen LogP contribution in [0.4, 0.5) is 0 Å². The van der Waals surface area contributed by atoms with E-state index in [4.69, 9.17) is 23.7 Å². The summed E-state index contributed by atoms with van der Waals surface area (Å²) in [5, 5.41) is 0. The minimum absolute atomic E-state index is 0.258. The van der Waals surface area contributed by atoms with E-state index in [1.54, 1.807) is 34.6 Å². The lowest BCUT2D eigenvalue weighted by atomic mass is 10.1. The van der Waals surface area contributed by atoms with Crippen molar-refractivity contribution in [3.63, 3.8) is 0 Å². The Labute approximate surface area is 327 Å². The molecule has 0 atom stereocenters. The van der Waals surface area contributed by atoms with Crippen LogP contribution in [0.15, 0.2) is 60.8 Å². The molecule has 0 aliphatic rings. The van der Waals surface area contributed by atoms with E-state index < -0.39 is 0 Å². The lowest BCUT2D eigenvalue weighted by molar-refractivity contribution is -0.140. The van der Waals surface area contributed by atoms with Gasteiger partial charge in [-0.3, -0.25) is 0 Å². The Bertz CT molecular complexity index is 1010. The van der Waals surface area contributed by atoms with E-state index in [-0.39, 0.29) is 29.8 Å². The maximum absolute atomic E-state index is 11.1. The molecule has 10 nitrogen and oxygen atoms in total. The summed E-state index contributed by atoms with van der Waals surface area (Å²) in [4.78, 5) is 55.2. The summed E-state index contributed by atoms with van der Waals surface area (Å²) in [5.74, 6) is -1.63. The first-order valence-corrected chi connectivity index (χ1v) is 19.7. The molecule has 10 heteroatoms. The van der Waals surface area contributed by atoms with Gasteiger partial charge in [0.05, 0.1) is 33.0 Å². The van der Waals surface area contributed by atoms with E-state index in [0.29, 0.717) is 60.9 Å². The van der Waals surface area contributed by atoms with Crippen molar-refractivity contribution < 1.29 is 47.7 Å². The van der Waals surface area contributed by atoms with Crippen LogP contribution in [-0.4, -0.2) is 62.9 Å². The van der Waals surface area contributed by atoms with Crippen molar-refractivity contribution in [2.75, 3.05) is 33.0 Å².